The molecule has 0 aromatic heterocycles. The first-order chi connectivity index (χ1) is 11.4. The van der Waals surface area contributed by atoms with Crippen LogP contribution in [0.25, 0.3) is 11.1 Å². The second-order valence-electron chi connectivity index (χ2n) is 5.70. The second-order valence-corrected chi connectivity index (χ2v) is 7.72. The summed E-state index contributed by atoms with van der Waals surface area (Å²) in [5, 5.41) is 9.03. The van der Waals surface area contributed by atoms with Gasteiger partial charge in [-0.1, -0.05) is 42.5 Å². The first-order valence-electron chi connectivity index (χ1n) is 7.39. The average molecular weight is 340 g/mol. The molecule has 4 nitrogen and oxygen atoms in total. The average Bonchev–Trinajstić information content (AvgIpc) is 2.51. The molecule has 1 N–H and O–H groups in total. The molecule has 0 spiro atoms. The number of benzene rings is 2. The van der Waals surface area contributed by atoms with Gasteiger partial charge in [-0.15, -0.1) is 0 Å². The maximum atomic E-state index is 11.6. The molecule has 0 atom stereocenters. The Labute approximate surface area is 140 Å². The fourth-order valence-electron chi connectivity index (χ4n) is 2.84. The van der Waals surface area contributed by atoms with Crippen molar-refractivity contribution in [2.45, 2.75) is 11.3 Å². The molecule has 0 bridgehead atoms. The Kier molecular flexibility index (Phi) is 4.11. The van der Waals surface area contributed by atoms with Crippen molar-refractivity contribution < 1.29 is 18.3 Å². The molecule has 0 unspecified atom stereocenters. The lowest BCUT2D eigenvalue weighted by atomic mass is 9.75. The predicted octanol–water partition coefficient (Wildman–Crippen LogP) is 3.42. The molecule has 0 heterocycles. The minimum absolute atomic E-state index is 0.272. The van der Waals surface area contributed by atoms with Gasteiger partial charge in [-0.05, 0) is 46.4 Å². The summed E-state index contributed by atoms with van der Waals surface area (Å²) in [4.78, 5) is 11.3. The highest BCUT2D eigenvalue weighted by atomic mass is 32.2. The van der Waals surface area contributed by atoms with Crippen molar-refractivity contribution in [2.75, 3.05) is 6.26 Å². The monoisotopic (exact) mass is 340 g/mol. The standard InChI is InChI=1S/C19H16O4S/c1-24(22,23)16-9-7-13(8-10-16)17-11-15(12-18(20)21)19(17)14-5-3-2-4-6-14/h2-10,12H,11H2,1H3,(H,20,21)/b15-12+. The van der Waals surface area contributed by atoms with E-state index in [0.717, 1.165) is 27.8 Å². The van der Waals surface area contributed by atoms with Crippen molar-refractivity contribution in [2.24, 2.45) is 0 Å². The van der Waals surface area contributed by atoms with Crippen molar-refractivity contribution in [1.29, 1.82) is 0 Å². The summed E-state index contributed by atoms with van der Waals surface area (Å²) in [6.07, 6.45) is 2.96. The molecule has 2 aromatic carbocycles. The molecule has 1 aliphatic rings. The lowest BCUT2D eigenvalue weighted by Gasteiger charge is -2.28. The van der Waals surface area contributed by atoms with Crippen LogP contribution in [0.15, 0.2) is 71.1 Å². The zero-order chi connectivity index (χ0) is 17.3. The van der Waals surface area contributed by atoms with Gasteiger partial charge in [-0.3, -0.25) is 0 Å². The molecule has 3 rings (SSSR count). The topological polar surface area (TPSA) is 71.4 Å². The number of hydrogen-bond donors (Lipinski definition) is 1. The Hall–Kier alpha value is -2.66. The summed E-state index contributed by atoms with van der Waals surface area (Å²) in [5.41, 5.74) is 4.57. The van der Waals surface area contributed by atoms with E-state index in [4.69, 9.17) is 5.11 Å². The summed E-state index contributed by atoms with van der Waals surface area (Å²) in [6.45, 7) is 0. The zero-order valence-corrected chi connectivity index (χ0v) is 13.9. The maximum absolute atomic E-state index is 11.6. The molecule has 1 aliphatic carbocycles. The zero-order valence-electron chi connectivity index (χ0n) is 13.1. The number of carboxylic acid groups (broad SMARTS) is 1. The summed E-state index contributed by atoms with van der Waals surface area (Å²) in [7, 11) is -3.23. The Morgan fingerprint density at radius 3 is 2.17 bits per heavy atom. The SMILES string of the molecule is CS(=O)(=O)c1ccc(C2=C(c3ccccc3)/C(=C/C(=O)O)C2)cc1. The van der Waals surface area contributed by atoms with Crippen LogP contribution in [0.1, 0.15) is 17.5 Å². The van der Waals surface area contributed by atoms with Gasteiger partial charge < -0.3 is 5.11 Å². The van der Waals surface area contributed by atoms with E-state index in [0.29, 0.717) is 6.42 Å². The number of sulfone groups is 1. The third-order valence-electron chi connectivity index (χ3n) is 3.98. The summed E-state index contributed by atoms with van der Waals surface area (Å²) in [6, 6.07) is 16.3. The summed E-state index contributed by atoms with van der Waals surface area (Å²) < 4.78 is 23.1. The van der Waals surface area contributed by atoms with E-state index in [2.05, 4.69) is 0 Å². The van der Waals surface area contributed by atoms with E-state index < -0.39 is 15.8 Å². The van der Waals surface area contributed by atoms with Crippen molar-refractivity contribution in [3.8, 4) is 0 Å². The highest BCUT2D eigenvalue weighted by Gasteiger charge is 2.26. The molecule has 122 valence electrons. The third kappa shape index (κ3) is 3.16. The predicted molar refractivity (Wildman–Crippen MR) is 93.1 cm³/mol. The van der Waals surface area contributed by atoms with E-state index in [1.54, 1.807) is 24.3 Å². The Balaban J connectivity index is 2.09. The molecule has 5 heteroatoms. The molecule has 0 amide bonds. The molecule has 24 heavy (non-hydrogen) atoms. The maximum Gasteiger partial charge on any atom is 0.328 e. The van der Waals surface area contributed by atoms with E-state index in [-0.39, 0.29) is 4.90 Å². The fraction of sp³-hybridized carbons (Fsp3) is 0.105. The summed E-state index contributed by atoms with van der Waals surface area (Å²) >= 11 is 0. The number of allylic oxidation sites excluding steroid dienone is 3. The first kappa shape index (κ1) is 16.2. The van der Waals surface area contributed by atoms with Crippen LogP contribution in [-0.4, -0.2) is 25.7 Å². The normalized spacial score (nSPS) is 16.1. The third-order valence-corrected chi connectivity index (χ3v) is 5.11. The van der Waals surface area contributed by atoms with Gasteiger partial charge in [0.15, 0.2) is 9.84 Å². The molecular weight excluding hydrogens is 324 g/mol. The van der Waals surface area contributed by atoms with Gasteiger partial charge in [0.1, 0.15) is 0 Å². The number of rotatable bonds is 4. The number of hydrogen-bond acceptors (Lipinski definition) is 3. The molecule has 0 radical (unpaired) electrons. The Bertz CT molecular complexity index is 950. The smallest absolute Gasteiger partial charge is 0.328 e. The van der Waals surface area contributed by atoms with Crippen LogP contribution in [-0.2, 0) is 14.6 Å². The minimum atomic E-state index is -3.23. The second kappa shape index (κ2) is 6.09. The molecule has 0 saturated heterocycles. The highest BCUT2D eigenvalue weighted by Crippen LogP contribution is 2.46. The van der Waals surface area contributed by atoms with Crippen molar-refractivity contribution >= 4 is 27.0 Å². The Morgan fingerprint density at radius 1 is 1.00 bits per heavy atom. The molecule has 0 fully saturated rings. The largest absolute Gasteiger partial charge is 0.478 e. The van der Waals surface area contributed by atoms with Crippen LogP contribution in [0.2, 0.25) is 0 Å². The lowest BCUT2D eigenvalue weighted by Crippen LogP contribution is -2.09. The van der Waals surface area contributed by atoms with E-state index in [9.17, 15) is 13.2 Å². The van der Waals surface area contributed by atoms with Gasteiger partial charge in [0.05, 0.1) is 4.90 Å². The fourth-order valence-corrected chi connectivity index (χ4v) is 3.47. The van der Waals surface area contributed by atoms with Gasteiger partial charge in [-0.2, -0.15) is 0 Å². The van der Waals surface area contributed by atoms with E-state index in [1.807, 2.05) is 30.3 Å². The van der Waals surface area contributed by atoms with E-state index >= 15 is 0 Å². The van der Waals surface area contributed by atoms with Crippen molar-refractivity contribution in [1.82, 2.24) is 0 Å². The van der Waals surface area contributed by atoms with Crippen LogP contribution in [0.5, 0.6) is 0 Å². The van der Waals surface area contributed by atoms with Crippen LogP contribution < -0.4 is 0 Å². The van der Waals surface area contributed by atoms with Gasteiger partial charge in [-0.25, -0.2) is 13.2 Å². The molecular formula is C19H16O4S. The van der Waals surface area contributed by atoms with Crippen molar-refractivity contribution in [3.05, 3.63) is 77.4 Å². The molecule has 0 saturated carbocycles. The number of carboxylic acids is 1. The van der Waals surface area contributed by atoms with E-state index in [1.165, 1.54) is 12.3 Å². The van der Waals surface area contributed by atoms with Crippen LogP contribution in [0.3, 0.4) is 0 Å². The minimum Gasteiger partial charge on any atom is -0.478 e. The summed E-state index contributed by atoms with van der Waals surface area (Å²) in [5.74, 6) is -0.968. The van der Waals surface area contributed by atoms with Crippen LogP contribution in [0, 0.1) is 0 Å². The van der Waals surface area contributed by atoms with Crippen LogP contribution in [0.4, 0.5) is 0 Å². The quantitative estimate of drug-likeness (QED) is 0.866. The van der Waals surface area contributed by atoms with Crippen molar-refractivity contribution in [3.63, 3.8) is 0 Å². The first-order valence-corrected chi connectivity index (χ1v) is 9.28. The molecule has 2 aromatic rings. The molecule has 0 aliphatic heterocycles. The highest BCUT2D eigenvalue weighted by molar-refractivity contribution is 7.90. The Morgan fingerprint density at radius 2 is 1.62 bits per heavy atom. The number of carbonyl (C=O) groups is 1. The van der Waals surface area contributed by atoms with Gasteiger partial charge in [0.25, 0.3) is 0 Å². The van der Waals surface area contributed by atoms with Gasteiger partial charge in [0, 0.05) is 12.3 Å². The van der Waals surface area contributed by atoms with Gasteiger partial charge >= 0.3 is 5.97 Å². The lowest BCUT2D eigenvalue weighted by molar-refractivity contribution is -0.131. The van der Waals surface area contributed by atoms with Crippen LogP contribution >= 0.6 is 0 Å². The number of aliphatic carboxylic acids is 1. The van der Waals surface area contributed by atoms with Gasteiger partial charge in [0.2, 0.25) is 0 Å².